The van der Waals surface area contributed by atoms with Crippen LogP contribution < -0.4 is 10.2 Å². The first kappa shape index (κ1) is 23.3. The highest BCUT2D eigenvalue weighted by atomic mass is 32.1. The van der Waals surface area contributed by atoms with Crippen molar-refractivity contribution in [1.29, 1.82) is 0 Å². The summed E-state index contributed by atoms with van der Waals surface area (Å²) in [5, 5.41) is 2.87. The normalized spacial score (nSPS) is 10.7. The van der Waals surface area contributed by atoms with Crippen LogP contribution in [-0.2, 0) is 11.2 Å². The van der Waals surface area contributed by atoms with Crippen LogP contribution in [-0.4, -0.2) is 35.8 Å². The fourth-order valence-electron chi connectivity index (χ4n) is 3.56. The molecule has 7 heteroatoms. The number of carbonyl (C=O) groups is 2. The topological polar surface area (TPSA) is 75.2 Å². The smallest absolute Gasteiger partial charge is 0.229 e. The van der Waals surface area contributed by atoms with E-state index >= 15 is 0 Å². The third-order valence-corrected chi connectivity index (χ3v) is 6.53. The number of hydrogen-bond donors (Lipinski definition) is 1. The standard InChI is InChI=1S/C27H26N4O2S/c1-17-6-5-7-20(14-17)26-27(23-13-12-22(34-23)18(2)32)30-24(16-28-26)29-25(33)15-19-8-10-21(11-9-19)31(3)4/h5-14,16H,15H2,1-4H3,(H,29,30,33). The molecular weight excluding hydrogens is 444 g/mol. The van der Waals surface area contributed by atoms with Crippen LogP contribution in [0.1, 0.15) is 27.7 Å². The summed E-state index contributed by atoms with van der Waals surface area (Å²) in [4.78, 5) is 37.4. The molecule has 0 saturated heterocycles. The maximum Gasteiger partial charge on any atom is 0.229 e. The minimum atomic E-state index is -0.170. The summed E-state index contributed by atoms with van der Waals surface area (Å²) in [6.07, 6.45) is 1.81. The first-order valence-corrected chi connectivity index (χ1v) is 11.7. The molecule has 0 saturated carbocycles. The molecule has 2 aromatic carbocycles. The zero-order valence-corrected chi connectivity index (χ0v) is 20.4. The molecule has 1 N–H and O–H groups in total. The molecular formula is C27H26N4O2S. The summed E-state index contributed by atoms with van der Waals surface area (Å²) in [7, 11) is 3.96. The number of aryl methyl sites for hydroxylation is 1. The quantitative estimate of drug-likeness (QED) is 0.354. The molecule has 0 aliphatic rings. The molecule has 34 heavy (non-hydrogen) atoms. The van der Waals surface area contributed by atoms with E-state index in [0.717, 1.165) is 27.3 Å². The number of thiophene rings is 1. The predicted octanol–water partition coefficient (Wildman–Crippen LogP) is 5.63. The van der Waals surface area contributed by atoms with Crippen LogP contribution in [0.25, 0.3) is 21.8 Å². The molecule has 6 nitrogen and oxygen atoms in total. The number of anilines is 2. The van der Waals surface area contributed by atoms with Crippen LogP contribution in [0, 0.1) is 6.92 Å². The van der Waals surface area contributed by atoms with E-state index in [1.54, 1.807) is 19.2 Å². The molecule has 172 valence electrons. The van der Waals surface area contributed by atoms with Crippen LogP contribution >= 0.6 is 11.3 Å². The van der Waals surface area contributed by atoms with E-state index < -0.39 is 0 Å². The second kappa shape index (κ2) is 9.97. The second-order valence-corrected chi connectivity index (χ2v) is 9.41. The minimum Gasteiger partial charge on any atom is -0.378 e. The summed E-state index contributed by atoms with van der Waals surface area (Å²) >= 11 is 1.37. The molecule has 0 aliphatic heterocycles. The molecule has 0 spiro atoms. The van der Waals surface area contributed by atoms with Gasteiger partial charge < -0.3 is 10.2 Å². The summed E-state index contributed by atoms with van der Waals surface area (Å²) < 4.78 is 0. The van der Waals surface area contributed by atoms with Gasteiger partial charge in [-0.05, 0) is 49.7 Å². The Bertz CT molecular complexity index is 1340. The lowest BCUT2D eigenvalue weighted by atomic mass is 10.1. The number of carbonyl (C=O) groups excluding carboxylic acids is 2. The first-order chi connectivity index (χ1) is 16.3. The van der Waals surface area contributed by atoms with Crippen molar-refractivity contribution in [3.63, 3.8) is 0 Å². The zero-order valence-electron chi connectivity index (χ0n) is 19.6. The third kappa shape index (κ3) is 5.38. The molecule has 0 fully saturated rings. The van der Waals surface area contributed by atoms with Gasteiger partial charge in [0.2, 0.25) is 5.91 Å². The Kier molecular flexibility index (Phi) is 6.84. The number of Topliss-reactive ketones (excluding diaryl/α,β-unsaturated/α-hetero) is 1. The average Bonchev–Trinajstić information content (AvgIpc) is 3.30. The van der Waals surface area contributed by atoms with Gasteiger partial charge in [-0.25, -0.2) is 4.98 Å². The van der Waals surface area contributed by atoms with Gasteiger partial charge in [-0.2, -0.15) is 0 Å². The maximum atomic E-state index is 12.7. The van der Waals surface area contributed by atoms with Crippen LogP contribution in [0.4, 0.5) is 11.5 Å². The number of aromatic nitrogens is 2. The molecule has 0 bridgehead atoms. The summed E-state index contributed by atoms with van der Waals surface area (Å²) in [6.45, 7) is 3.57. The van der Waals surface area contributed by atoms with Crippen molar-refractivity contribution in [2.75, 3.05) is 24.3 Å². The lowest BCUT2D eigenvalue weighted by molar-refractivity contribution is -0.115. The van der Waals surface area contributed by atoms with Gasteiger partial charge in [-0.15, -0.1) is 11.3 Å². The van der Waals surface area contributed by atoms with Crippen LogP contribution in [0.3, 0.4) is 0 Å². The van der Waals surface area contributed by atoms with Crippen molar-refractivity contribution in [3.05, 3.63) is 82.9 Å². The highest BCUT2D eigenvalue weighted by molar-refractivity contribution is 7.17. The highest BCUT2D eigenvalue weighted by Crippen LogP contribution is 2.34. The third-order valence-electron chi connectivity index (χ3n) is 5.34. The fraction of sp³-hybridized carbons (Fsp3) is 0.185. The van der Waals surface area contributed by atoms with Crippen LogP contribution in [0.15, 0.2) is 66.9 Å². The number of nitrogens with one attached hydrogen (secondary N) is 1. The monoisotopic (exact) mass is 470 g/mol. The molecule has 1 amide bonds. The molecule has 0 atom stereocenters. The minimum absolute atomic E-state index is 0.00561. The number of amides is 1. The Labute approximate surface area is 203 Å². The van der Waals surface area contributed by atoms with E-state index in [-0.39, 0.29) is 18.1 Å². The van der Waals surface area contributed by atoms with Gasteiger partial charge in [0.1, 0.15) is 5.69 Å². The van der Waals surface area contributed by atoms with Gasteiger partial charge in [-0.3, -0.25) is 14.6 Å². The van der Waals surface area contributed by atoms with E-state index in [0.29, 0.717) is 22.1 Å². The van der Waals surface area contributed by atoms with Crippen molar-refractivity contribution >= 4 is 34.5 Å². The van der Waals surface area contributed by atoms with Crippen molar-refractivity contribution in [3.8, 4) is 21.8 Å². The van der Waals surface area contributed by atoms with Crippen molar-refractivity contribution < 1.29 is 9.59 Å². The van der Waals surface area contributed by atoms with Crippen LogP contribution in [0.5, 0.6) is 0 Å². The Morgan fingerprint density at radius 1 is 1.00 bits per heavy atom. The summed E-state index contributed by atoms with van der Waals surface area (Å²) in [6, 6.07) is 19.6. The van der Waals surface area contributed by atoms with Gasteiger partial charge in [0.05, 0.1) is 28.1 Å². The molecule has 4 aromatic rings. The van der Waals surface area contributed by atoms with Crippen molar-refractivity contribution in [2.24, 2.45) is 0 Å². The molecule has 0 aliphatic carbocycles. The first-order valence-electron chi connectivity index (χ1n) is 10.9. The Morgan fingerprint density at radius 3 is 2.41 bits per heavy atom. The summed E-state index contributed by atoms with van der Waals surface area (Å²) in [5.41, 5.74) is 5.37. The van der Waals surface area contributed by atoms with Gasteiger partial charge >= 0.3 is 0 Å². The molecule has 2 heterocycles. The number of ketones is 1. The van der Waals surface area contributed by atoms with E-state index in [2.05, 4.69) is 10.3 Å². The lowest BCUT2D eigenvalue weighted by Crippen LogP contribution is -2.16. The number of nitrogens with zero attached hydrogens (tertiary/aromatic N) is 3. The second-order valence-electron chi connectivity index (χ2n) is 8.33. The highest BCUT2D eigenvalue weighted by Gasteiger charge is 2.17. The number of benzene rings is 2. The van der Waals surface area contributed by atoms with Gasteiger partial charge in [0, 0.05) is 25.3 Å². The number of hydrogen-bond acceptors (Lipinski definition) is 6. The molecule has 4 rings (SSSR count). The number of rotatable bonds is 7. The predicted molar refractivity (Wildman–Crippen MR) is 139 cm³/mol. The molecule has 2 aromatic heterocycles. The van der Waals surface area contributed by atoms with Crippen molar-refractivity contribution in [2.45, 2.75) is 20.3 Å². The van der Waals surface area contributed by atoms with Crippen molar-refractivity contribution in [1.82, 2.24) is 9.97 Å². The van der Waals surface area contributed by atoms with Crippen LogP contribution in [0.2, 0.25) is 0 Å². The van der Waals surface area contributed by atoms with E-state index in [1.165, 1.54) is 11.3 Å². The Hall–Kier alpha value is -3.84. The van der Waals surface area contributed by atoms with Gasteiger partial charge in [0.15, 0.2) is 11.6 Å². The Morgan fingerprint density at radius 2 is 1.76 bits per heavy atom. The summed E-state index contributed by atoms with van der Waals surface area (Å²) in [5.74, 6) is 0.210. The molecule has 0 radical (unpaired) electrons. The van der Waals surface area contributed by atoms with E-state index in [4.69, 9.17) is 4.98 Å². The Balaban J connectivity index is 1.63. The average molecular weight is 471 g/mol. The SMILES string of the molecule is CC(=O)c1ccc(-c2nc(NC(=O)Cc3ccc(N(C)C)cc3)cnc2-c2cccc(C)c2)s1. The zero-order chi connectivity index (χ0) is 24.2. The van der Waals surface area contributed by atoms with Gasteiger partial charge in [0.25, 0.3) is 0 Å². The van der Waals surface area contributed by atoms with E-state index in [1.807, 2.05) is 80.5 Å². The van der Waals surface area contributed by atoms with Gasteiger partial charge in [-0.1, -0.05) is 35.9 Å². The lowest BCUT2D eigenvalue weighted by Gasteiger charge is -2.13. The van der Waals surface area contributed by atoms with E-state index in [9.17, 15) is 9.59 Å². The largest absolute Gasteiger partial charge is 0.378 e. The fourth-order valence-corrected chi connectivity index (χ4v) is 4.46. The molecule has 0 unspecified atom stereocenters. The maximum absolute atomic E-state index is 12.7.